The average molecular weight is 358 g/mol. The Bertz CT molecular complexity index is 506. The highest BCUT2D eigenvalue weighted by Crippen LogP contribution is 2.41. The number of aliphatic carboxylic acids is 1. The third kappa shape index (κ3) is 6.53. The highest BCUT2D eigenvalue weighted by Gasteiger charge is 2.54. The first-order valence-corrected chi connectivity index (χ1v) is 8.47. The van der Waals surface area contributed by atoms with Gasteiger partial charge in [0, 0.05) is 6.92 Å². The Balaban J connectivity index is 2.96. The standard InChI is InChI=1S/C17H30N2O6/c1-10(2)24-9-13(18-11(3)20)17(7-12(8-17)14(21)22)19-15(23)25-16(4,5)6/h10,12-13H,7-9H2,1-6H3,(H,18,20)(H,19,23)(H,21,22). The number of ether oxygens (including phenoxy) is 2. The number of carbonyl (C=O) groups excluding carboxylic acids is 2. The maximum absolute atomic E-state index is 12.2. The molecule has 1 fully saturated rings. The molecule has 3 N–H and O–H groups in total. The molecule has 1 aliphatic carbocycles. The van der Waals surface area contributed by atoms with E-state index in [-0.39, 0.29) is 31.5 Å². The van der Waals surface area contributed by atoms with Crippen LogP contribution in [0.5, 0.6) is 0 Å². The summed E-state index contributed by atoms with van der Waals surface area (Å²) in [6.07, 6.45) is -0.302. The summed E-state index contributed by atoms with van der Waals surface area (Å²) in [7, 11) is 0. The number of hydrogen-bond acceptors (Lipinski definition) is 5. The molecule has 0 bridgehead atoms. The summed E-state index contributed by atoms with van der Waals surface area (Å²) in [6, 6.07) is -0.546. The number of carboxylic acids is 1. The van der Waals surface area contributed by atoms with Crippen molar-refractivity contribution in [2.45, 2.75) is 77.7 Å². The minimum absolute atomic E-state index is 0.0646. The smallest absolute Gasteiger partial charge is 0.408 e. The predicted octanol–water partition coefficient (Wildman–Crippen LogP) is 1.67. The molecule has 0 aliphatic heterocycles. The van der Waals surface area contributed by atoms with Crippen LogP contribution >= 0.6 is 0 Å². The van der Waals surface area contributed by atoms with Crippen molar-refractivity contribution in [1.29, 1.82) is 0 Å². The van der Waals surface area contributed by atoms with E-state index < -0.39 is 35.2 Å². The van der Waals surface area contributed by atoms with Gasteiger partial charge in [-0.3, -0.25) is 9.59 Å². The van der Waals surface area contributed by atoms with Gasteiger partial charge in [0.2, 0.25) is 5.91 Å². The second-order valence-corrected chi connectivity index (χ2v) is 7.86. The van der Waals surface area contributed by atoms with Gasteiger partial charge in [0.25, 0.3) is 0 Å². The monoisotopic (exact) mass is 358 g/mol. The Morgan fingerprint density at radius 3 is 2.20 bits per heavy atom. The quantitative estimate of drug-likeness (QED) is 0.638. The zero-order valence-corrected chi connectivity index (χ0v) is 15.8. The van der Waals surface area contributed by atoms with Crippen molar-refractivity contribution in [1.82, 2.24) is 10.6 Å². The fourth-order valence-electron chi connectivity index (χ4n) is 2.85. The maximum Gasteiger partial charge on any atom is 0.408 e. The lowest BCUT2D eigenvalue weighted by Gasteiger charge is -2.51. The molecule has 0 radical (unpaired) electrons. The number of amides is 2. The lowest BCUT2D eigenvalue weighted by Crippen LogP contribution is -2.70. The molecule has 1 atom stereocenters. The van der Waals surface area contributed by atoms with E-state index in [0.29, 0.717) is 0 Å². The van der Waals surface area contributed by atoms with Gasteiger partial charge in [0.05, 0.1) is 30.2 Å². The summed E-state index contributed by atoms with van der Waals surface area (Å²) >= 11 is 0. The van der Waals surface area contributed by atoms with Gasteiger partial charge in [-0.15, -0.1) is 0 Å². The van der Waals surface area contributed by atoms with Gasteiger partial charge in [-0.2, -0.15) is 0 Å². The second kappa shape index (κ2) is 8.03. The lowest BCUT2D eigenvalue weighted by molar-refractivity contribution is -0.149. The van der Waals surface area contributed by atoms with Crippen molar-refractivity contribution < 1.29 is 29.0 Å². The van der Waals surface area contributed by atoms with Gasteiger partial charge in [0.15, 0.2) is 0 Å². The van der Waals surface area contributed by atoms with Crippen molar-refractivity contribution in [3.63, 3.8) is 0 Å². The topological polar surface area (TPSA) is 114 Å². The minimum Gasteiger partial charge on any atom is -0.481 e. The Labute approximate surface area is 148 Å². The summed E-state index contributed by atoms with van der Waals surface area (Å²) in [4.78, 5) is 35.1. The molecule has 0 aromatic rings. The highest BCUT2D eigenvalue weighted by atomic mass is 16.6. The van der Waals surface area contributed by atoms with Gasteiger partial charge in [-0.1, -0.05) is 0 Å². The van der Waals surface area contributed by atoms with E-state index in [1.807, 2.05) is 13.8 Å². The van der Waals surface area contributed by atoms with Gasteiger partial charge >= 0.3 is 12.1 Å². The summed E-state index contributed by atoms with van der Waals surface area (Å²) < 4.78 is 10.9. The van der Waals surface area contributed by atoms with Gasteiger partial charge in [0.1, 0.15) is 5.60 Å². The molecule has 1 unspecified atom stereocenters. The zero-order chi connectivity index (χ0) is 19.4. The summed E-state index contributed by atoms with van der Waals surface area (Å²) in [5.74, 6) is -1.78. The fourth-order valence-corrected chi connectivity index (χ4v) is 2.85. The first-order chi connectivity index (χ1) is 11.3. The third-order valence-electron chi connectivity index (χ3n) is 3.96. The second-order valence-electron chi connectivity index (χ2n) is 7.86. The number of rotatable bonds is 7. The molecule has 0 aromatic heterocycles. The highest BCUT2D eigenvalue weighted by molar-refractivity contribution is 5.76. The van der Waals surface area contributed by atoms with Crippen LogP contribution < -0.4 is 10.6 Å². The Morgan fingerprint density at radius 2 is 1.80 bits per heavy atom. The Hall–Kier alpha value is -1.83. The molecule has 0 aromatic carbocycles. The summed E-state index contributed by atoms with van der Waals surface area (Å²) in [5, 5.41) is 14.8. The number of alkyl carbamates (subject to hydrolysis) is 1. The molecule has 1 saturated carbocycles. The van der Waals surface area contributed by atoms with Crippen LogP contribution in [0, 0.1) is 5.92 Å². The third-order valence-corrected chi connectivity index (χ3v) is 3.96. The van der Waals surface area contributed by atoms with Crippen LogP contribution in [0.1, 0.15) is 54.4 Å². The SMILES string of the molecule is CC(=O)NC(COC(C)C)C1(NC(=O)OC(C)(C)C)CC(C(=O)O)C1. The van der Waals surface area contributed by atoms with Crippen LogP contribution in [0.2, 0.25) is 0 Å². The van der Waals surface area contributed by atoms with Crippen molar-refractivity contribution in [2.24, 2.45) is 5.92 Å². The van der Waals surface area contributed by atoms with Gasteiger partial charge in [-0.05, 0) is 47.5 Å². The molecule has 0 spiro atoms. The molecule has 1 rings (SSSR count). The number of carboxylic acid groups (broad SMARTS) is 1. The van der Waals surface area contributed by atoms with Crippen LogP contribution in [0.15, 0.2) is 0 Å². The molecule has 8 nitrogen and oxygen atoms in total. The first-order valence-electron chi connectivity index (χ1n) is 8.47. The average Bonchev–Trinajstić information content (AvgIpc) is 2.35. The molecule has 1 aliphatic rings. The molecule has 0 heterocycles. The van der Waals surface area contributed by atoms with Crippen molar-refractivity contribution in [3.8, 4) is 0 Å². The fraction of sp³-hybridized carbons (Fsp3) is 0.824. The maximum atomic E-state index is 12.2. The van der Waals surface area contributed by atoms with Crippen molar-refractivity contribution in [2.75, 3.05) is 6.61 Å². The number of hydrogen-bond donors (Lipinski definition) is 3. The summed E-state index contributed by atoms with van der Waals surface area (Å²) in [5.41, 5.74) is -1.59. The van der Waals surface area contributed by atoms with E-state index in [9.17, 15) is 19.5 Å². The largest absolute Gasteiger partial charge is 0.481 e. The number of carbonyl (C=O) groups is 3. The normalized spacial score (nSPS) is 24.2. The minimum atomic E-state index is -0.923. The first kappa shape index (κ1) is 21.2. The molecule has 0 saturated heterocycles. The van der Waals surface area contributed by atoms with Crippen LogP contribution in [-0.4, -0.2) is 53.0 Å². The molecule has 8 heteroatoms. The van der Waals surface area contributed by atoms with E-state index in [1.54, 1.807) is 20.8 Å². The molecular formula is C17H30N2O6. The van der Waals surface area contributed by atoms with Crippen molar-refractivity contribution in [3.05, 3.63) is 0 Å². The summed E-state index contributed by atoms with van der Waals surface area (Å²) in [6.45, 7) is 10.5. The van der Waals surface area contributed by atoms with E-state index in [2.05, 4.69) is 10.6 Å². The van der Waals surface area contributed by atoms with E-state index in [4.69, 9.17) is 9.47 Å². The van der Waals surface area contributed by atoms with Crippen LogP contribution in [0.25, 0.3) is 0 Å². The Kier molecular flexibility index (Phi) is 6.82. The Morgan fingerprint density at radius 1 is 1.24 bits per heavy atom. The lowest BCUT2D eigenvalue weighted by atomic mass is 9.64. The van der Waals surface area contributed by atoms with E-state index >= 15 is 0 Å². The van der Waals surface area contributed by atoms with Crippen LogP contribution in [0.4, 0.5) is 4.79 Å². The van der Waals surface area contributed by atoms with Crippen molar-refractivity contribution >= 4 is 18.0 Å². The molecular weight excluding hydrogens is 328 g/mol. The van der Waals surface area contributed by atoms with Gasteiger partial charge < -0.3 is 25.2 Å². The molecule has 144 valence electrons. The molecule has 2 amide bonds. The van der Waals surface area contributed by atoms with Crippen LogP contribution in [-0.2, 0) is 19.1 Å². The number of nitrogens with one attached hydrogen (secondary N) is 2. The zero-order valence-electron chi connectivity index (χ0n) is 15.8. The van der Waals surface area contributed by atoms with E-state index in [0.717, 1.165) is 0 Å². The van der Waals surface area contributed by atoms with Crippen LogP contribution in [0.3, 0.4) is 0 Å². The predicted molar refractivity (Wildman–Crippen MR) is 91.2 cm³/mol. The van der Waals surface area contributed by atoms with E-state index in [1.165, 1.54) is 6.92 Å². The molecule has 25 heavy (non-hydrogen) atoms. The van der Waals surface area contributed by atoms with Gasteiger partial charge in [-0.25, -0.2) is 4.79 Å².